The Morgan fingerprint density at radius 3 is 2.67 bits per heavy atom. The molecule has 0 saturated carbocycles. The molecule has 6 rings (SSSR count). The van der Waals surface area contributed by atoms with Crippen LogP contribution >= 0.6 is 11.6 Å². The average Bonchev–Trinajstić information content (AvgIpc) is 3.59. The molecule has 9 nitrogen and oxygen atoms in total. The van der Waals surface area contributed by atoms with Crippen LogP contribution < -0.4 is 22.1 Å². The Kier molecular flexibility index (Phi) is 9.58. The number of anilines is 1. The van der Waals surface area contributed by atoms with Gasteiger partial charge in [-0.25, -0.2) is 14.2 Å². The van der Waals surface area contributed by atoms with Crippen molar-refractivity contribution in [1.82, 2.24) is 29.8 Å². The van der Waals surface area contributed by atoms with E-state index in [1.54, 1.807) is 18.3 Å². The largest absolute Gasteiger partial charge is 0.356 e. The molecular formula is C35H42ClFN8O. The van der Waals surface area contributed by atoms with Crippen LogP contribution in [0, 0.1) is 19.7 Å². The quantitative estimate of drug-likeness (QED) is 0.107. The molecular weight excluding hydrogens is 603 g/mol. The molecule has 0 bridgehead atoms. The molecule has 1 fully saturated rings. The predicted molar refractivity (Wildman–Crippen MR) is 183 cm³/mol. The van der Waals surface area contributed by atoms with Crippen LogP contribution in [0.15, 0.2) is 53.5 Å². The van der Waals surface area contributed by atoms with Crippen LogP contribution in [0.1, 0.15) is 74.0 Å². The van der Waals surface area contributed by atoms with Crippen LogP contribution in [0.2, 0.25) is 5.02 Å². The van der Waals surface area contributed by atoms with Gasteiger partial charge >= 0.3 is 5.69 Å². The molecule has 0 spiro atoms. The summed E-state index contributed by atoms with van der Waals surface area (Å²) >= 11 is 6.27. The number of halogens is 2. The molecule has 11 heteroatoms. The molecule has 0 amide bonds. The summed E-state index contributed by atoms with van der Waals surface area (Å²) in [7, 11) is 0. The molecule has 1 aliphatic rings. The normalized spacial score (nSPS) is 17.4. The Balaban J connectivity index is 1.15. The second kappa shape index (κ2) is 13.8. The van der Waals surface area contributed by atoms with Gasteiger partial charge in [-0.05, 0) is 101 Å². The monoisotopic (exact) mass is 644 g/mol. The lowest BCUT2D eigenvalue weighted by Crippen LogP contribution is -2.38. The summed E-state index contributed by atoms with van der Waals surface area (Å²) < 4.78 is 16.7. The first-order valence-electron chi connectivity index (χ1n) is 16.1. The number of benzene rings is 2. The number of nitrogens with zero attached hydrogens (tertiary/aromatic N) is 3. The molecule has 2 aromatic carbocycles. The molecule has 1 aliphatic heterocycles. The van der Waals surface area contributed by atoms with E-state index < -0.39 is 11.5 Å². The van der Waals surface area contributed by atoms with Crippen molar-refractivity contribution < 1.29 is 4.39 Å². The number of imidazole rings is 1. The lowest BCUT2D eigenvalue weighted by atomic mass is 9.92. The number of hydrogen-bond donors (Lipinski definition) is 5. The van der Waals surface area contributed by atoms with Crippen molar-refractivity contribution in [3.63, 3.8) is 0 Å². The zero-order valence-electron chi connectivity index (χ0n) is 26.6. The highest BCUT2D eigenvalue weighted by Crippen LogP contribution is 2.32. The second-order valence-corrected chi connectivity index (χ2v) is 13.0. The Morgan fingerprint density at radius 1 is 1.13 bits per heavy atom. The van der Waals surface area contributed by atoms with E-state index in [1.165, 1.54) is 10.1 Å². The third-order valence-corrected chi connectivity index (χ3v) is 9.26. The number of aromatic nitrogens is 5. The maximum absolute atomic E-state index is 15.2. The minimum atomic E-state index is -0.507. The first-order valence-corrected chi connectivity index (χ1v) is 16.5. The number of nitrogens with one attached hydrogen (secondary N) is 4. The highest BCUT2D eigenvalue weighted by atomic mass is 35.5. The van der Waals surface area contributed by atoms with Gasteiger partial charge in [0.25, 0.3) is 0 Å². The predicted octanol–water partition coefficient (Wildman–Crippen LogP) is 6.87. The molecule has 3 aromatic heterocycles. The molecule has 0 aliphatic carbocycles. The van der Waals surface area contributed by atoms with Gasteiger partial charge < -0.3 is 26.3 Å². The third-order valence-electron chi connectivity index (χ3n) is 8.98. The topological polar surface area (TPSA) is 129 Å². The van der Waals surface area contributed by atoms with Crippen molar-refractivity contribution in [2.24, 2.45) is 5.73 Å². The van der Waals surface area contributed by atoms with Crippen LogP contribution in [0.25, 0.3) is 28.0 Å². The van der Waals surface area contributed by atoms with Crippen LogP contribution in [0.4, 0.5) is 10.3 Å². The van der Waals surface area contributed by atoms with E-state index in [0.29, 0.717) is 28.3 Å². The van der Waals surface area contributed by atoms with Gasteiger partial charge in [0, 0.05) is 47.5 Å². The van der Waals surface area contributed by atoms with Crippen molar-refractivity contribution in [2.75, 3.05) is 11.9 Å². The minimum absolute atomic E-state index is 0.0639. The van der Waals surface area contributed by atoms with E-state index >= 15 is 4.39 Å². The highest BCUT2D eigenvalue weighted by molar-refractivity contribution is 6.31. The van der Waals surface area contributed by atoms with E-state index in [0.717, 1.165) is 80.1 Å². The summed E-state index contributed by atoms with van der Waals surface area (Å²) in [5.74, 6) is 0.318. The number of hydrogen-bond acceptors (Lipinski definition) is 6. The fraction of sp³-hybridized carbons (Fsp3) is 0.400. The number of aryl methyl sites for hydroxylation is 3. The number of piperidine rings is 1. The Bertz CT molecular complexity index is 1860. The highest BCUT2D eigenvalue weighted by Gasteiger charge is 2.22. The maximum atomic E-state index is 15.2. The Morgan fingerprint density at radius 2 is 1.93 bits per heavy atom. The molecule has 5 aromatic rings. The number of H-pyrrole nitrogens is 2. The second-order valence-electron chi connectivity index (χ2n) is 12.6. The Labute approximate surface area is 273 Å². The van der Waals surface area contributed by atoms with Gasteiger partial charge in [-0.1, -0.05) is 30.2 Å². The van der Waals surface area contributed by atoms with E-state index in [2.05, 4.69) is 42.7 Å². The zero-order chi connectivity index (χ0) is 32.4. The SMILES string of the molecule is Cc1nc(NCC[C@@H]2CCC[C@@H](c3ccc(-n4cc5cc(-c6cc(CCC[C@H](C)N)cc(Cl)c6F)[nH]c5nc4=O)cc3)N2)[nH]c1C. The van der Waals surface area contributed by atoms with Crippen molar-refractivity contribution in [1.29, 1.82) is 0 Å². The lowest BCUT2D eigenvalue weighted by molar-refractivity contribution is 0.316. The van der Waals surface area contributed by atoms with Gasteiger partial charge in [0.05, 0.1) is 22.1 Å². The maximum Gasteiger partial charge on any atom is 0.354 e. The van der Waals surface area contributed by atoms with Crippen LogP contribution in [0.5, 0.6) is 0 Å². The fourth-order valence-electron chi connectivity index (χ4n) is 6.31. The van der Waals surface area contributed by atoms with Crippen LogP contribution in [0.3, 0.4) is 0 Å². The van der Waals surface area contributed by atoms with Gasteiger partial charge in [0.1, 0.15) is 5.65 Å². The van der Waals surface area contributed by atoms with Gasteiger partial charge in [-0.3, -0.25) is 4.57 Å². The summed E-state index contributed by atoms with van der Waals surface area (Å²) in [6, 6.07) is 14.1. The van der Waals surface area contributed by atoms with Gasteiger partial charge in [-0.2, -0.15) is 4.98 Å². The molecule has 0 unspecified atom stereocenters. The fourth-order valence-corrected chi connectivity index (χ4v) is 6.55. The molecule has 1 saturated heterocycles. The number of rotatable bonds is 11. The van der Waals surface area contributed by atoms with Crippen molar-refractivity contribution in [2.45, 2.75) is 83.8 Å². The minimum Gasteiger partial charge on any atom is -0.356 e. The summed E-state index contributed by atoms with van der Waals surface area (Å²) in [5.41, 5.74) is 11.7. The van der Waals surface area contributed by atoms with Gasteiger partial charge in [-0.15, -0.1) is 0 Å². The van der Waals surface area contributed by atoms with Crippen molar-refractivity contribution in [3.8, 4) is 16.9 Å². The first kappa shape index (κ1) is 32.0. The van der Waals surface area contributed by atoms with Gasteiger partial charge in [0.2, 0.25) is 5.95 Å². The van der Waals surface area contributed by atoms with Crippen molar-refractivity contribution in [3.05, 3.63) is 92.5 Å². The number of fused-ring (bicyclic) bond motifs is 1. The molecule has 4 heterocycles. The third kappa shape index (κ3) is 7.19. The molecule has 0 radical (unpaired) electrons. The molecule has 242 valence electrons. The zero-order valence-corrected chi connectivity index (χ0v) is 27.3. The summed E-state index contributed by atoms with van der Waals surface area (Å²) in [4.78, 5) is 28.3. The average molecular weight is 645 g/mol. The van der Waals surface area contributed by atoms with E-state index in [4.69, 9.17) is 17.3 Å². The number of nitrogens with two attached hydrogens (primary N) is 1. The smallest absolute Gasteiger partial charge is 0.354 e. The lowest BCUT2D eigenvalue weighted by Gasteiger charge is -2.31. The van der Waals surface area contributed by atoms with E-state index in [-0.39, 0.29) is 17.1 Å². The molecule has 3 atom stereocenters. The van der Waals surface area contributed by atoms with Gasteiger partial charge in [0.15, 0.2) is 5.82 Å². The summed E-state index contributed by atoms with van der Waals surface area (Å²) in [5, 5.41) is 7.98. The van der Waals surface area contributed by atoms with Crippen molar-refractivity contribution >= 4 is 28.6 Å². The molecule has 6 N–H and O–H groups in total. The first-order chi connectivity index (χ1) is 22.1. The summed E-state index contributed by atoms with van der Waals surface area (Å²) in [6.45, 7) is 6.84. The standard InChI is InChI=1S/C35H42ClFN8O/c1-20(38)6-4-7-23-16-28(32(37)29(36)17-23)31-18-25-19-45(35(46)44-33(25)43-31)27-12-10-24(11-13-27)30-9-5-8-26(42-30)14-15-39-34-40-21(2)22(3)41-34/h10-13,16-20,26,30,42H,4-9,14-15,38H2,1-3H3,(H2,39,40,41)(H,43,44,46)/t20-,26-,30-/m0/s1. The van der Waals surface area contributed by atoms with E-state index in [1.807, 2.05) is 39.0 Å². The summed E-state index contributed by atoms with van der Waals surface area (Å²) in [6.07, 6.45) is 8.60. The van der Waals surface area contributed by atoms with E-state index in [9.17, 15) is 4.79 Å². The number of aromatic amines is 2. The van der Waals surface area contributed by atoms with Crippen LogP contribution in [-0.4, -0.2) is 43.1 Å². The molecule has 46 heavy (non-hydrogen) atoms. The van der Waals surface area contributed by atoms with Crippen LogP contribution in [-0.2, 0) is 6.42 Å². The Hall–Kier alpha value is -3.99.